The molecule has 0 nitrogen and oxygen atoms in total. The fraction of sp³-hybridized carbons (Fsp3) is 0.328. The molecule has 0 amide bonds. The van der Waals surface area contributed by atoms with Crippen molar-refractivity contribution >= 4 is 3.21 Å². The van der Waals surface area contributed by atoms with E-state index in [1.165, 1.54) is 66.8 Å². The topological polar surface area (TPSA) is 0 Å². The number of fused-ring (bicyclic) bond motifs is 3. The number of benzene rings is 6. The molecule has 0 unspecified atom stereocenters. The van der Waals surface area contributed by atoms with E-state index in [1.54, 1.807) is 17.6 Å². The van der Waals surface area contributed by atoms with E-state index in [4.69, 9.17) is 0 Å². The van der Waals surface area contributed by atoms with Gasteiger partial charge >= 0.3 is 385 Å². The van der Waals surface area contributed by atoms with Crippen molar-refractivity contribution in [3.05, 3.63) is 199 Å². The monoisotopic (exact) mass is 960 g/mol. The van der Waals surface area contributed by atoms with Crippen molar-refractivity contribution in [2.75, 3.05) is 0 Å². The minimum atomic E-state index is -2.89. The van der Waals surface area contributed by atoms with Crippen LogP contribution in [0.2, 0.25) is 0 Å². The Balaban J connectivity index is 0.00000340. The largest absolute Gasteiger partial charge is 1.00 e. The van der Waals surface area contributed by atoms with Crippen LogP contribution in [0, 0.1) is 0 Å². The van der Waals surface area contributed by atoms with E-state index in [0.717, 1.165) is 19.3 Å². The molecule has 0 radical (unpaired) electrons. The summed E-state index contributed by atoms with van der Waals surface area (Å²) in [7, 11) is 0. The van der Waals surface area contributed by atoms with Crippen LogP contribution in [0.15, 0.2) is 155 Å². The molecule has 6 aromatic rings. The van der Waals surface area contributed by atoms with Crippen molar-refractivity contribution in [2.45, 2.75) is 128 Å². The number of rotatable bonds is 8. The van der Waals surface area contributed by atoms with Crippen LogP contribution < -0.4 is 24.8 Å². The maximum atomic E-state index is 2.72. The van der Waals surface area contributed by atoms with Gasteiger partial charge in [0.1, 0.15) is 0 Å². The fourth-order valence-corrected chi connectivity index (χ4v) is 19.5. The van der Waals surface area contributed by atoms with Gasteiger partial charge in [0.15, 0.2) is 0 Å². The summed E-state index contributed by atoms with van der Waals surface area (Å²) >= 11 is -2.89. The predicted octanol–water partition coefficient (Wildman–Crippen LogP) is 10.4. The van der Waals surface area contributed by atoms with Crippen LogP contribution >= 0.6 is 0 Å². The Bertz CT molecular complexity index is 2550. The molecule has 0 spiro atoms. The molecule has 64 heavy (non-hydrogen) atoms. The second-order valence-corrected chi connectivity index (χ2v) is 28.9. The number of allylic oxidation sites excluding steroid dienone is 4. The van der Waals surface area contributed by atoms with Gasteiger partial charge in [-0.1, -0.05) is 0 Å². The van der Waals surface area contributed by atoms with E-state index < -0.39 is 21.3 Å². The van der Waals surface area contributed by atoms with E-state index in [9.17, 15) is 0 Å². The van der Waals surface area contributed by atoms with Gasteiger partial charge < -0.3 is 24.8 Å². The van der Waals surface area contributed by atoms with E-state index in [-0.39, 0.29) is 46.5 Å². The molecule has 3 heteroatoms. The van der Waals surface area contributed by atoms with Gasteiger partial charge in [0.25, 0.3) is 0 Å². The van der Waals surface area contributed by atoms with Crippen molar-refractivity contribution in [2.24, 2.45) is 0 Å². The molecule has 8 rings (SSSR count). The minimum Gasteiger partial charge on any atom is -1.00 e. The smallest absolute Gasteiger partial charge is 1.00 e. The van der Waals surface area contributed by atoms with Crippen molar-refractivity contribution in [3.8, 4) is 33.4 Å². The third-order valence-corrected chi connectivity index (χ3v) is 21.6. The molecule has 0 heterocycles. The molecule has 2 aliphatic rings. The van der Waals surface area contributed by atoms with Crippen molar-refractivity contribution in [1.29, 1.82) is 0 Å². The Hall–Kier alpha value is -3.87. The average molecular weight is 963 g/mol. The third kappa shape index (κ3) is 10.1. The molecule has 0 atom stereocenters. The third-order valence-electron chi connectivity index (χ3n) is 13.3. The molecule has 0 saturated carbocycles. The molecule has 0 fully saturated rings. The van der Waals surface area contributed by atoms with Gasteiger partial charge in [-0.3, -0.25) is 0 Å². The summed E-state index contributed by atoms with van der Waals surface area (Å²) in [6, 6.07) is 52.0. The van der Waals surface area contributed by atoms with Crippen LogP contribution in [-0.2, 0) is 55.8 Å². The van der Waals surface area contributed by atoms with Crippen LogP contribution in [0.5, 0.6) is 0 Å². The van der Waals surface area contributed by atoms with Gasteiger partial charge in [-0.2, -0.15) is 0 Å². The first-order chi connectivity index (χ1) is 29.3. The van der Waals surface area contributed by atoms with Crippen LogP contribution in [0.25, 0.3) is 33.4 Å². The van der Waals surface area contributed by atoms with Gasteiger partial charge in [-0.25, -0.2) is 0 Å². The molecule has 0 saturated heterocycles. The Labute approximate surface area is 406 Å². The maximum Gasteiger partial charge on any atom is -1.00 e. The SMILES string of the molecule is CC(C)(C)c1ccccc1-c1cc2c(cc1C(C)(C)C)-c1cc(C(C)(C)C)c(-c3ccccc3C(C)(C)C)cc1[CH]2[Zr+2]([C]1=CC=CC1)=[C](Cc1ccccc1)Cc1ccccc1.[Cl-].[Cl-]. The van der Waals surface area contributed by atoms with E-state index in [2.05, 4.69) is 235 Å². The van der Waals surface area contributed by atoms with Gasteiger partial charge in [0, 0.05) is 0 Å². The summed E-state index contributed by atoms with van der Waals surface area (Å²) in [5, 5.41) is 0. The first kappa shape index (κ1) is 49.6. The van der Waals surface area contributed by atoms with E-state index in [1.807, 2.05) is 0 Å². The minimum absolute atomic E-state index is 0. The standard InChI is InChI=1S/C41H49.C15H14.C5H5.2ClH.Zr/c1-38(2,3)34-19-15-13-17-28(34)32-22-26-21-27-23-33(29-18-14-16-20-35(29)39(4,5)6)37(41(10,11)12)25-31(27)30(26)24-36(32)40(7,8)9;1-3-8-14(9-4-1)12-7-13-15-10-5-2-6-11-15;1-2-4-5-3-1;;;/h13-25H,1-12H3;1-6,8-11H,12-13H2;1-3H,4H2;2*1H;/q;;;;;+2/p-2. The zero-order valence-electron chi connectivity index (χ0n) is 40.4. The number of hydrogen-bond acceptors (Lipinski definition) is 0. The quantitative estimate of drug-likeness (QED) is 0.143. The summed E-state index contributed by atoms with van der Waals surface area (Å²) in [5.74, 6) is 0. The molecular formula is C61H68Cl2Zr. The van der Waals surface area contributed by atoms with Crippen LogP contribution in [0.3, 0.4) is 0 Å². The Kier molecular flexibility index (Phi) is 14.8. The molecule has 6 aromatic carbocycles. The molecule has 330 valence electrons. The zero-order chi connectivity index (χ0) is 44.2. The zero-order valence-corrected chi connectivity index (χ0v) is 44.4. The summed E-state index contributed by atoms with van der Waals surface area (Å²) in [6.45, 7) is 28.7. The summed E-state index contributed by atoms with van der Waals surface area (Å²) in [5.41, 5.74) is 20.0. The summed E-state index contributed by atoms with van der Waals surface area (Å²) in [4.78, 5) is 0. The Morgan fingerprint density at radius 1 is 0.438 bits per heavy atom. The predicted molar refractivity (Wildman–Crippen MR) is 267 cm³/mol. The first-order valence-electron chi connectivity index (χ1n) is 23.0. The van der Waals surface area contributed by atoms with Crippen LogP contribution in [0.4, 0.5) is 0 Å². The second-order valence-electron chi connectivity index (χ2n) is 22.2. The van der Waals surface area contributed by atoms with Crippen LogP contribution in [0.1, 0.15) is 138 Å². The fourth-order valence-electron chi connectivity index (χ4n) is 10.3. The summed E-state index contributed by atoms with van der Waals surface area (Å²) in [6.07, 6.45) is 10.4. The van der Waals surface area contributed by atoms with Gasteiger partial charge in [0.05, 0.1) is 0 Å². The molecule has 0 N–H and O–H groups in total. The van der Waals surface area contributed by atoms with E-state index in [0.29, 0.717) is 3.63 Å². The van der Waals surface area contributed by atoms with Crippen molar-refractivity contribution in [3.63, 3.8) is 0 Å². The Morgan fingerprint density at radius 2 is 0.812 bits per heavy atom. The molecule has 0 bridgehead atoms. The second kappa shape index (κ2) is 19.2. The van der Waals surface area contributed by atoms with Crippen molar-refractivity contribution in [1.82, 2.24) is 0 Å². The van der Waals surface area contributed by atoms with Gasteiger partial charge in [-0.05, 0) is 0 Å². The number of hydrogen-bond donors (Lipinski definition) is 0. The van der Waals surface area contributed by atoms with Gasteiger partial charge in [-0.15, -0.1) is 0 Å². The Morgan fingerprint density at radius 3 is 1.17 bits per heavy atom. The first-order valence-corrected chi connectivity index (χ1v) is 26.9. The molecule has 0 aromatic heterocycles. The van der Waals surface area contributed by atoms with E-state index >= 15 is 0 Å². The maximum absolute atomic E-state index is 2.89. The average Bonchev–Trinajstić information content (AvgIpc) is 3.86. The van der Waals surface area contributed by atoms with Crippen LogP contribution in [-0.4, -0.2) is 3.21 Å². The number of halogens is 2. The molecular weight excluding hydrogens is 895 g/mol. The van der Waals surface area contributed by atoms with Gasteiger partial charge in [0.2, 0.25) is 0 Å². The molecule has 0 aliphatic heterocycles. The normalized spacial score (nSPS) is 13.6. The molecule has 2 aliphatic carbocycles. The summed E-state index contributed by atoms with van der Waals surface area (Å²) < 4.78 is 3.81. The van der Waals surface area contributed by atoms with Crippen molar-refractivity contribution < 1.29 is 46.1 Å².